The van der Waals surface area contributed by atoms with Gasteiger partial charge in [-0.05, 0) is 38.5 Å². The van der Waals surface area contributed by atoms with Gasteiger partial charge in [0.2, 0.25) is 0 Å². The van der Waals surface area contributed by atoms with Crippen LogP contribution in [0.3, 0.4) is 0 Å². The number of unbranched alkanes of at least 4 members (excludes halogenated alkanes) is 5. The minimum Gasteiger partial charge on any atom is -0.478 e. The van der Waals surface area contributed by atoms with Gasteiger partial charge >= 0.3 is 5.97 Å². The second-order valence-corrected chi connectivity index (χ2v) is 6.32. The van der Waals surface area contributed by atoms with Crippen molar-refractivity contribution in [2.45, 2.75) is 95.9 Å². The van der Waals surface area contributed by atoms with Crippen molar-refractivity contribution in [3.05, 3.63) is 12.2 Å². The number of carbonyl (C=O) groups is 1. The summed E-state index contributed by atoms with van der Waals surface area (Å²) in [5.74, 6) is -0.884. The van der Waals surface area contributed by atoms with Gasteiger partial charge in [-0.1, -0.05) is 45.1 Å². The Balaban J connectivity index is 1.88. The average Bonchev–Trinajstić information content (AvgIpc) is 3.22. The van der Waals surface area contributed by atoms with Crippen molar-refractivity contribution in [3.8, 4) is 0 Å². The number of ether oxygens (including phenoxy) is 1. The van der Waals surface area contributed by atoms with Crippen molar-refractivity contribution in [1.29, 1.82) is 0 Å². The van der Waals surface area contributed by atoms with Gasteiger partial charge in [-0.15, -0.1) is 0 Å². The Morgan fingerprint density at radius 1 is 1.09 bits per heavy atom. The molecule has 2 N–H and O–H groups in total. The number of aliphatic hydroxyl groups excluding tert-OH is 1. The van der Waals surface area contributed by atoms with E-state index in [-0.39, 0.29) is 6.10 Å². The quantitative estimate of drug-likeness (QED) is 0.288. The Kier molecular flexibility index (Phi) is 10.2. The molecule has 128 valence electrons. The first kappa shape index (κ1) is 19.2. The Labute approximate surface area is 134 Å². The van der Waals surface area contributed by atoms with Crippen molar-refractivity contribution in [2.24, 2.45) is 0 Å². The van der Waals surface area contributed by atoms with Crippen LogP contribution in [0, 0.1) is 0 Å². The van der Waals surface area contributed by atoms with Crippen LogP contribution in [0.4, 0.5) is 0 Å². The second kappa shape index (κ2) is 11.7. The van der Waals surface area contributed by atoms with Crippen molar-refractivity contribution in [2.75, 3.05) is 0 Å². The van der Waals surface area contributed by atoms with E-state index in [0.29, 0.717) is 12.2 Å². The van der Waals surface area contributed by atoms with E-state index in [1.165, 1.54) is 31.8 Å². The summed E-state index contributed by atoms with van der Waals surface area (Å²) in [5.41, 5.74) is 0. The zero-order valence-electron chi connectivity index (χ0n) is 13.9. The summed E-state index contributed by atoms with van der Waals surface area (Å²) >= 11 is 0. The first-order chi connectivity index (χ1) is 10.6. The molecule has 1 saturated heterocycles. The molecule has 0 unspecified atom stereocenters. The predicted molar refractivity (Wildman–Crippen MR) is 87.9 cm³/mol. The molecule has 0 aromatic rings. The van der Waals surface area contributed by atoms with E-state index in [4.69, 9.17) is 9.84 Å². The number of carboxylic acid groups (broad SMARTS) is 1. The molecule has 1 heterocycles. The average molecular weight is 312 g/mol. The van der Waals surface area contributed by atoms with Crippen LogP contribution in [0.25, 0.3) is 0 Å². The molecule has 1 rings (SSSR count). The highest BCUT2D eigenvalue weighted by atomic mass is 16.6. The highest BCUT2D eigenvalue weighted by Gasteiger charge is 2.37. The fraction of sp³-hybridized carbons (Fsp3) is 0.833. The topological polar surface area (TPSA) is 70.1 Å². The van der Waals surface area contributed by atoms with E-state index in [1.54, 1.807) is 6.08 Å². The molecule has 0 amide bonds. The summed E-state index contributed by atoms with van der Waals surface area (Å²) < 4.78 is 5.64. The van der Waals surface area contributed by atoms with Crippen molar-refractivity contribution < 1.29 is 19.7 Å². The molecule has 22 heavy (non-hydrogen) atoms. The van der Waals surface area contributed by atoms with Gasteiger partial charge in [-0.25, -0.2) is 4.79 Å². The lowest BCUT2D eigenvalue weighted by Gasteiger charge is -2.09. The molecule has 0 aromatic heterocycles. The molecule has 0 aromatic carbocycles. The van der Waals surface area contributed by atoms with E-state index in [0.717, 1.165) is 44.9 Å². The van der Waals surface area contributed by atoms with Crippen molar-refractivity contribution >= 4 is 5.97 Å². The number of hydrogen-bond donors (Lipinski definition) is 2. The first-order valence-corrected chi connectivity index (χ1v) is 8.86. The first-order valence-electron chi connectivity index (χ1n) is 8.86. The molecule has 0 spiro atoms. The largest absolute Gasteiger partial charge is 0.478 e. The van der Waals surface area contributed by atoms with Crippen LogP contribution in [0.5, 0.6) is 0 Å². The van der Waals surface area contributed by atoms with E-state index < -0.39 is 5.97 Å². The molecule has 1 fully saturated rings. The van der Waals surface area contributed by atoms with Gasteiger partial charge < -0.3 is 14.9 Å². The van der Waals surface area contributed by atoms with Crippen molar-refractivity contribution in [3.63, 3.8) is 0 Å². The van der Waals surface area contributed by atoms with Gasteiger partial charge in [0.25, 0.3) is 0 Å². The molecule has 0 bridgehead atoms. The Morgan fingerprint density at radius 3 is 2.59 bits per heavy atom. The Bertz CT molecular complexity index is 327. The van der Waals surface area contributed by atoms with Gasteiger partial charge in [-0.3, -0.25) is 0 Å². The number of epoxide rings is 1. The number of allylic oxidation sites excluding steroid dienone is 1. The summed E-state index contributed by atoms with van der Waals surface area (Å²) in [4.78, 5) is 10.3. The maximum Gasteiger partial charge on any atom is 0.327 e. The molecule has 1 aliphatic rings. The second-order valence-electron chi connectivity index (χ2n) is 6.32. The minimum absolute atomic E-state index is 0.213. The zero-order valence-corrected chi connectivity index (χ0v) is 13.9. The molecule has 4 nitrogen and oxygen atoms in total. The van der Waals surface area contributed by atoms with E-state index in [2.05, 4.69) is 6.92 Å². The van der Waals surface area contributed by atoms with Crippen molar-refractivity contribution in [1.82, 2.24) is 0 Å². The summed E-state index contributed by atoms with van der Waals surface area (Å²) in [6.07, 6.45) is 15.0. The highest BCUT2D eigenvalue weighted by Crippen LogP contribution is 2.31. The Morgan fingerprint density at radius 2 is 1.86 bits per heavy atom. The van der Waals surface area contributed by atoms with Gasteiger partial charge in [0.05, 0.1) is 18.3 Å². The maximum absolute atomic E-state index is 10.3. The fourth-order valence-corrected chi connectivity index (χ4v) is 2.79. The summed E-state index contributed by atoms with van der Waals surface area (Å²) in [6, 6.07) is 0. The summed E-state index contributed by atoms with van der Waals surface area (Å²) in [6.45, 7) is 2.21. The fourth-order valence-electron chi connectivity index (χ4n) is 2.79. The van der Waals surface area contributed by atoms with Gasteiger partial charge in [-0.2, -0.15) is 0 Å². The predicted octanol–water partition coefficient (Wildman–Crippen LogP) is 4.07. The SMILES string of the molecule is CCCCC[C@@H]1O[C@@H]1CC[C@@H](O)CCCCCC=CC(=O)O. The standard InChI is InChI=1S/C18H32O4/c1-2-3-7-11-16-17(22-16)14-13-15(19)10-8-5-4-6-9-12-18(20)21/h9,12,15-17,19H,2-8,10-11,13-14H2,1H3,(H,20,21)/t15-,16-,17+/m0/s1. The third-order valence-electron chi connectivity index (χ3n) is 4.23. The molecule has 3 atom stereocenters. The van der Waals surface area contributed by atoms with E-state index in [1.807, 2.05) is 0 Å². The normalized spacial score (nSPS) is 22.1. The molecular formula is C18H32O4. The van der Waals surface area contributed by atoms with Crippen LogP contribution in [-0.2, 0) is 9.53 Å². The molecular weight excluding hydrogens is 280 g/mol. The highest BCUT2D eigenvalue weighted by molar-refractivity contribution is 5.79. The Hall–Kier alpha value is -0.870. The molecule has 0 aliphatic carbocycles. The lowest BCUT2D eigenvalue weighted by atomic mass is 10.0. The van der Waals surface area contributed by atoms with Crippen LogP contribution in [0.2, 0.25) is 0 Å². The zero-order chi connectivity index (χ0) is 16.2. The number of hydrogen-bond acceptors (Lipinski definition) is 3. The molecule has 0 radical (unpaired) electrons. The summed E-state index contributed by atoms with van der Waals surface area (Å²) in [7, 11) is 0. The number of aliphatic hydroxyl groups is 1. The smallest absolute Gasteiger partial charge is 0.327 e. The van der Waals surface area contributed by atoms with Gasteiger partial charge in [0.15, 0.2) is 0 Å². The van der Waals surface area contributed by atoms with E-state index >= 15 is 0 Å². The van der Waals surface area contributed by atoms with Crippen LogP contribution >= 0.6 is 0 Å². The molecule has 4 heteroatoms. The van der Waals surface area contributed by atoms with Crippen LogP contribution in [0.15, 0.2) is 12.2 Å². The minimum atomic E-state index is -0.884. The maximum atomic E-state index is 10.3. The van der Waals surface area contributed by atoms with Gasteiger partial charge in [0, 0.05) is 6.08 Å². The van der Waals surface area contributed by atoms with E-state index in [9.17, 15) is 9.90 Å². The van der Waals surface area contributed by atoms with Gasteiger partial charge in [0.1, 0.15) is 0 Å². The number of carboxylic acids is 1. The molecule has 1 aliphatic heterocycles. The monoisotopic (exact) mass is 312 g/mol. The third-order valence-corrected chi connectivity index (χ3v) is 4.23. The lowest BCUT2D eigenvalue weighted by molar-refractivity contribution is -0.131. The van der Waals surface area contributed by atoms with Crippen LogP contribution in [-0.4, -0.2) is 34.5 Å². The van der Waals surface area contributed by atoms with Crippen LogP contribution < -0.4 is 0 Å². The molecule has 0 saturated carbocycles. The number of rotatable bonds is 14. The summed E-state index contributed by atoms with van der Waals surface area (Å²) in [5, 5.41) is 18.4. The third kappa shape index (κ3) is 9.96. The lowest BCUT2D eigenvalue weighted by Crippen LogP contribution is -2.08. The number of aliphatic carboxylic acids is 1. The van der Waals surface area contributed by atoms with Crippen LogP contribution in [0.1, 0.15) is 77.6 Å².